The Hall–Kier alpha value is -1.73. The summed E-state index contributed by atoms with van der Waals surface area (Å²) >= 11 is 0. The summed E-state index contributed by atoms with van der Waals surface area (Å²) in [6.07, 6.45) is 3.45. The van der Waals surface area contributed by atoms with Crippen LogP contribution in [0.3, 0.4) is 0 Å². The van der Waals surface area contributed by atoms with Gasteiger partial charge in [0.25, 0.3) is 0 Å². The molecule has 2 heterocycles. The molecule has 8 heteroatoms. The number of nitrogens with one attached hydrogen (secondary N) is 1. The lowest BCUT2D eigenvalue weighted by Crippen LogP contribution is -3.08. The molecule has 2 aromatic heterocycles. The van der Waals surface area contributed by atoms with Gasteiger partial charge < -0.3 is 29.7 Å². The molecule has 0 saturated carbocycles. The Morgan fingerprint density at radius 2 is 1.83 bits per heavy atom. The monoisotopic (exact) mass is 354 g/mol. The summed E-state index contributed by atoms with van der Waals surface area (Å²) in [5.41, 5.74) is 1.86. The van der Waals surface area contributed by atoms with E-state index in [-0.39, 0.29) is 24.8 Å². The first-order valence-corrected chi connectivity index (χ1v) is 7.12. The second kappa shape index (κ2) is 8.79. The van der Waals surface area contributed by atoms with Crippen molar-refractivity contribution in [3.8, 4) is 5.69 Å². The van der Waals surface area contributed by atoms with Gasteiger partial charge in [0.2, 0.25) is 5.82 Å². The molecule has 0 saturated heterocycles. The van der Waals surface area contributed by atoms with E-state index in [2.05, 4.69) is 34.5 Å². The third kappa shape index (κ3) is 4.39. The fourth-order valence-electron chi connectivity index (χ4n) is 2.28. The van der Waals surface area contributed by atoms with E-state index >= 15 is 0 Å². The van der Waals surface area contributed by atoms with Gasteiger partial charge >= 0.3 is 0 Å². The highest BCUT2D eigenvalue weighted by Gasteiger charge is 2.13. The zero-order valence-electron chi connectivity index (χ0n) is 13.1. The van der Waals surface area contributed by atoms with Crippen molar-refractivity contribution in [2.24, 2.45) is 0 Å². The number of quaternary nitrogens is 2. The molecule has 23 heavy (non-hydrogen) atoms. The number of hydrogen-bond acceptors (Lipinski definition) is 3. The van der Waals surface area contributed by atoms with Gasteiger partial charge in [-0.3, -0.25) is 5.32 Å². The minimum Gasteiger partial charge on any atom is -1.00 e. The lowest BCUT2D eigenvalue weighted by molar-refractivity contribution is -0.870. The van der Waals surface area contributed by atoms with E-state index in [1.807, 2.05) is 41.2 Å². The van der Waals surface area contributed by atoms with Crippen molar-refractivity contribution in [1.82, 2.24) is 19.7 Å². The van der Waals surface area contributed by atoms with Crippen LogP contribution in [0.15, 0.2) is 42.9 Å². The van der Waals surface area contributed by atoms with Crippen molar-refractivity contribution in [1.29, 1.82) is 0 Å². The predicted octanol–water partition coefficient (Wildman–Crippen LogP) is -6.84. The second-order valence-corrected chi connectivity index (χ2v) is 5.34. The zero-order valence-corrected chi connectivity index (χ0v) is 14.6. The lowest BCUT2D eigenvalue weighted by Gasteiger charge is -2.06. The van der Waals surface area contributed by atoms with Crippen LogP contribution in [0.1, 0.15) is 0 Å². The van der Waals surface area contributed by atoms with Crippen LogP contribution in [-0.4, -0.2) is 46.9 Å². The first-order valence-electron chi connectivity index (χ1n) is 7.12. The summed E-state index contributed by atoms with van der Waals surface area (Å²) in [6, 6.07) is 10.0. The Labute approximate surface area is 147 Å². The van der Waals surface area contributed by atoms with Crippen LogP contribution in [0.4, 0.5) is 5.82 Å². The minimum atomic E-state index is 0. The highest BCUT2D eigenvalue weighted by Crippen LogP contribution is 2.18. The number of fused-ring (bicyclic) bond motifs is 1. The number of nitrogens with two attached hydrogens (primary N) is 1. The Bertz CT molecular complexity index is 729. The van der Waals surface area contributed by atoms with E-state index in [1.165, 1.54) is 4.90 Å². The summed E-state index contributed by atoms with van der Waals surface area (Å²) in [6.45, 7) is 2.07. The molecule has 0 aliphatic heterocycles. The van der Waals surface area contributed by atoms with Crippen molar-refractivity contribution in [3.05, 3.63) is 42.9 Å². The van der Waals surface area contributed by atoms with E-state index < -0.39 is 0 Å². The molecule has 0 aliphatic rings. The van der Waals surface area contributed by atoms with Crippen molar-refractivity contribution in [2.45, 2.75) is 0 Å². The van der Waals surface area contributed by atoms with Crippen LogP contribution < -0.4 is 35.0 Å². The number of likely N-dealkylation sites (N-methyl/N-ethyl adjacent to an activating group) is 1. The fraction of sp³-hybridized carbons (Fsp3) is 0.267. The number of halogens is 2. The maximum atomic E-state index is 4.46. The Morgan fingerprint density at radius 3 is 2.52 bits per heavy atom. The first-order chi connectivity index (χ1) is 10.3. The minimum absolute atomic E-state index is 0. The predicted molar refractivity (Wildman–Crippen MR) is 80.8 cm³/mol. The van der Waals surface area contributed by atoms with Gasteiger partial charge in [0.1, 0.15) is 24.8 Å². The second-order valence-electron chi connectivity index (χ2n) is 5.34. The van der Waals surface area contributed by atoms with Crippen molar-refractivity contribution < 1.29 is 35.0 Å². The van der Waals surface area contributed by atoms with Gasteiger partial charge in [-0.15, -0.1) is 0 Å². The Balaban J connectivity index is 0.00000132. The van der Waals surface area contributed by atoms with Crippen LogP contribution >= 0.6 is 0 Å². The molecule has 0 spiro atoms. The normalized spacial score (nSPS) is 10.4. The van der Waals surface area contributed by atoms with Crippen LogP contribution in [0.25, 0.3) is 16.7 Å². The molecule has 0 aliphatic carbocycles. The van der Waals surface area contributed by atoms with Gasteiger partial charge in [-0.1, -0.05) is 18.2 Å². The quantitative estimate of drug-likeness (QED) is 0.478. The molecule has 124 valence electrons. The summed E-state index contributed by atoms with van der Waals surface area (Å²) < 4.78 is 1.85. The average Bonchev–Trinajstić information content (AvgIpc) is 2.92. The van der Waals surface area contributed by atoms with Gasteiger partial charge in [0.05, 0.1) is 26.0 Å². The Kier molecular flexibility index (Phi) is 7.38. The van der Waals surface area contributed by atoms with Crippen LogP contribution in [-0.2, 0) is 0 Å². The third-order valence-electron chi connectivity index (χ3n) is 3.38. The molecule has 0 bridgehead atoms. The molecule has 0 radical (unpaired) electrons. The van der Waals surface area contributed by atoms with Crippen LogP contribution in [0.5, 0.6) is 0 Å². The molecule has 0 atom stereocenters. The number of para-hydroxylation sites is 1. The van der Waals surface area contributed by atoms with E-state index in [0.29, 0.717) is 0 Å². The highest BCUT2D eigenvalue weighted by molar-refractivity contribution is 5.83. The number of nitrogens with zero attached hydrogens (tertiary/aromatic N) is 4. The van der Waals surface area contributed by atoms with Crippen LogP contribution in [0, 0.1) is 0 Å². The molecule has 0 fully saturated rings. The molecular formula is C15H20Cl2N6. The van der Waals surface area contributed by atoms with Crippen molar-refractivity contribution in [3.63, 3.8) is 0 Å². The summed E-state index contributed by atoms with van der Waals surface area (Å²) in [4.78, 5) is 10.2. The standard InChI is InChI=1S/C15H18N6.2ClH/c1-20(2)9-8-16-14-13-10-19-21(15(13)18-11-17-14)12-6-4-3-5-7-12;;/h3-7,10-11H,8-9H2,1-2H3,(H,16,17,18);2*1H. The molecule has 0 unspecified atom stereocenters. The first kappa shape index (κ1) is 19.3. The smallest absolute Gasteiger partial charge is 0.238 e. The maximum Gasteiger partial charge on any atom is 0.238 e. The van der Waals surface area contributed by atoms with E-state index in [9.17, 15) is 0 Å². The van der Waals surface area contributed by atoms with Crippen molar-refractivity contribution in [2.75, 3.05) is 27.2 Å². The Morgan fingerprint density at radius 1 is 1.09 bits per heavy atom. The van der Waals surface area contributed by atoms with Crippen LogP contribution in [0.2, 0.25) is 0 Å². The molecule has 3 N–H and O–H groups in total. The number of benzene rings is 1. The molecule has 3 rings (SSSR count). The third-order valence-corrected chi connectivity index (χ3v) is 3.38. The van der Waals surface area contributed by atoms with Gasteiger partial charge in [-0.2, -0.15) is 10.1 Å². The zero-order chi connectivity index (χ0) is 14.7. The molecular weight excluding hydrogens is 335 g/mol. The van der Waals surface area contributed by atoms with E-state index in [0.717, 1.165) is 35.6 Å². The molecule has 0 amide bonds. The molecule has 1 aromatic carbocycles. The summed E-state index contributed by atoms with van der Waals surface area (Å²) in [5.74, 6) is 0.962. The maximum absolute atomic E-state index is 4.46. The summed E-state index contributed by atoms with van der Waals surface area (Å²) in [7, 11) is 4.30. The van der Waals surface area contributed by atoms with Gasteiger partial charge in [-0.25, -0.2) is 9.67 Å². The number of hydrogen-bond donors (Lipinski definition) is 2. The van der Waals surface area contributed by atoms with E-state index in [4.69, 9.17) is 0 Å². The van der Waals surface area contributed by atoms with Gasteiger partial charge in [0, 0.05) is 0 Å². The topological polar surface area (TPSA) is 64.7 Å². The highest BCUT2D eigenvalue weighted by atomic mass is 35.5. The van der Waals surface area contributed by atoms with Gasteiger partial charge in [-0.05, 0) is 12.1 Å². The lowest BCUT2D eigenvalue weighted by atomic mass is 10.3. The van der Waals surface area contributed by atoms with Gasteiger partial charge in [0.15, 0.2) is 5.65 Å². The molecule has 3 aromatic rings. The van der Waals surface area contributed by atoms with Crippen molar-refractivity contribution >= 4 is 16.9 Å². The molecule has 6 nitrogen and oxygen atoms in total. The number of rotatable bonds is 5. The van der Waals surface area contributed by atoms with E-state index in [1.54, 1.807) is 6.33 Å². The largest absolute Gasteiger partial charge is 1.00 e. The SMILES string of the molecule is C[NH+](C)CC[NH2+]c1ncnc2c1cnn2-c1ccccc1.[Cl-].[Cl-]. The number of aromatic nitrogens is 4. The average molecular weight is 355 g/mol. The fourth-order valence-corrected chi connectivity index (χ4v) is 2.28. The summed E-state index contributed by atoms with van der Waals surface area (Å²) in [5, 5.41) is 7.61.